The van der Waals surface area contributed by atoms with Gasteiger partial charge in [-0.15, -0.1) is 20.2 Å². The number of hydrogen-bond acceptors (Lipinski definition) is 6. The highest BCUT2D eigenvalue weighted by atomic mass is 16.9. The van der Waals surface area contributed by atoms with Crippen molar-refractivity contribution in [1.29, 1.82) is 0 Å². The second-order valence-electron chi connectivity index (χ2n) is 1.37. The summed E-state index contributed by atoms with van der Waals surface area (Å²) in [4.78, 5) is 16.7. The van der Waals surface area contributed by atoms with Crippen molar-refractivity contribution in [3.05, 3.63) is 20.2 Å². The SMILES string of the molecule is CNCCN.O=[N+]([O-])O.O=[N+]([O-])O. The predicted molar refractivity (Wildman–Crippen MR) is 40.5 cm³/mol. The lowest BCUT2D eigenvalue weighted by molar-refractivity contribution is -0.742. The van der Waals surface area contributed by atoms with Crippen LogP contribution in [0.5, 0.6) is 0 Å². The molecule has 0 radical (unpaired) electrons. The second-order valence-corrected chi connectivity index (χ2v) is 1.37. The molecule has 0 fully saturated rings. The molecule has 0 saturated carbocycles. The molecule has 80 valence electrons. The highest BCUT2D eigenvalue weighted by Crippen LogP contribution is 1.38. The minimum Gasteiger partial charge on any atom is -0.329 e. The highest BCUT2D eigenvalue weighted by Gasteiger charge is 1.66. The Bertz CT molecular complexity index is 107. The molecule has 0 spiro atoms. The summed E-state index contributed by atoms with van der Waals surface area (Å²) in [7, 11) is 1.88. The lowest BCUT2D eigenvalue weighted by atomic mass is 10.7. The van der Waals surface area contributed by atoms with E-state index in [2.05, 4.69) is 5.32 Å². The average Bonchev–Trinajstić information content (AvgIpc) is 1.86. The van der Waals surface area contributed by atoms with Gasteiger partial charge in [0.1, 0.15) is 0 Å². The first-order valence-corrected chi connectivity index (χ1v) is 2.89. The van der Waals surface area contributed by atoms with E-state index in [1.165, 1.54) is 0 Å². The molecule has 0 saturated heterocycles. The van der Waals surface area contributed by atoms with Crippen LogP contribution in [0, 0.1) is 20.2 Å². The first-order valence-electron chi connectivity index (χ1n) is 2.89. The molecule has 5 N–H and O–H groups in total. The van der Waals surface area contributed by atoms with Crippen LogP contribution in [-0.4, -0.2) is 40.7 Å². The summed E-state index contributed by atoms with van der Waals surface area (Å²) in [5, 5.41) is 30.2. The topological polar surface area (TPSA) is 165 Å². The van der Waals surface area contributed by atoms with E-state index < -0.39 is 10.2 Å². The van der Waals surface area contributed by atoms with Crippen LogP contribution in [0.3, 0.4) is 0 Å². The molecular weight excluding hydrogens is 188 g/mol. The monoisotopic (exact) mass is 200 g/mol. The van der Waals surface area contributed by atoms with Gasteiger partial charge in [0.05, 0.1) is 0 Å². The van der Waals surface area contributed by atoms with Crippen LogP contribution in [-0.2, 0) is 0 Å². The lowest BCUT2D eigenvalue weighted by Crippen LogP contribution is -2.17. The van der Waals surface area contributed by atoms with E-state index in [9.17, 15) is 0 Å². The van der Waals surface area contributed by atoms with E-state index in [0.29, 0.717) is 0 Å². The first-order chi connectivity index (χ1) is 5.88. The summed E-state index contributed by atoms with van der Waals surface area (Å²) in [5.41, 5.74) is 5.08. The van der Waals surface area contributed by atoms with Gasteiger partial charge in [-0.25, -0.2) is 0 Å². The molecule has 0 atom stereocenters. The summed E-state index contributed by atoms with van der Waals surface area (Å²) >= 11 is 0. The lowest BCUT2D eigenvalue weighted by Gasteiger charge is -1.85. The smallest absolute Gasteiger partial charge is 0.291 e. The molecule has 0 aromatic carbocycles. The minimum absolute atomic E-state index is 0.733. The normalized spacial score (nSPS) is 6.92. The number of nitrogens with zero attached hydrogens (tertiary/aromatic N) is 2. The van der Waals surface area contributed by atoms with Crippen molar-refractivity contribution >= 4 is 0 Å². The zero-order valence-electron chi connectivity index (χ0n) is 6.91. The summed E-state index contributed by atoms with van der Waals surface area (Å²) in [6.07, 6.45) is 0. The van der Waals surface area contributed by atoms with Crippen LogP contribution >= 0.6 is 0 Å². The number of nitrogens with two attached hydrogens (primary N) is 1. The van der Waals surface area contributed by atoms with Gasteiger partial charge in [-0.2, -0.15) is 0 Å². The molecule has 10 nitrogen and oxygen atoms in total. The Labute approximate surface area is 73.2 Å². The van der Waals surface area contributed by atoms with E-state index in [4.69, 9.17) is 36.4 Å². The van der Waals surface area contributed by atoms with Crippen LogP contribution in [0.2, 0.25) is 0 Å². The van der Waals surface area contributed by atoms with E-state index in [1.807, 2.05) is 7.05 Å². The molecule has 13 heavy (non-hydrogen) atoms. The largest absolute Gasteiger partial charge is 0.329 e. The Morgan fingerprint density at radius 3 is 1.54 bits per heavy atom. The zero-order chi connectivity index (χ0) is 11.3. The van der Waals surface area contributed by atoms with Crippen molar-refractivity contribution in [2.75, 3.05) is 20.1 Å². The van der Waals surface area contributed by atoms with Crippen LogP contribution in [0.4, 0.5) is 0 Å². The summed E-state index contributed by atoms with van der Waals surface area (Å²) < 4.78 is 0. The van der Waals surface area contributed by atoms with Crippen LogP contribution < -0.4 is 11.1 Å². The van der Waals surface area contributed by atoms with Crippen molar-refractivity contribution < 1.29 is 20.6 Å². The molecule has 0 unspecified atom stereocenters. The van der Waals surface area contributed by atoms with E-state index in [1.54, 1.807) is 0 Å². The highest BCUT2D eigenvalue weighted by molar-refractivity contribution is 4.33. The molecule has 0 rings (SSSR count). The Hall–Kier alpha value is -1.68. The molecular formula is C3H12N4O6. The van der Waals surface area contributed by atoms with Gasteiger partial charge in [0, 0.05) is 13.1 Å². The molecule has 0 heterocycles. The van der Waals surface area contributed by atoms with Crippen molar-refractivity contribution in [3.63, 3.8) is 0 Å². The van der Waals surface area contributed by atoms with E-state index in [-0.39, 0.29) is 0 Å². The standard InChI is InChI=1S/C3H10N2.2HNO3/c1-5-3-2-4;2*2-1(3)4/h5H,2-4H2,1H3;2*(H,2,3,4). The molecule has 10 heteroatoms. The third-order valence-corrected chi connectivity index (χ3v) is 0.394. The van der Waals surface area contributed by atoms with Crippen molar-refractivity contribution in [2.24, 2.45) is 5.73 Å². The maximum absolute atomic E-state index is 8.36. The molecule has 0 bridgehead atoms. The van der Waals surface area contributed by atoms with Crippen LogP contribution in [0.25, 0.3) is 0 Å². The van der Waals surface area contributed by atoms with Crippen molar-refractivity contribution in [2.45, 2.75) is 0 Å². The Balaban J connectivity index is -0.000000117. The van der Waals surface area contributed by atoms with Crippen LogP contribution in [0.15, 0.2) is 0 Å². The molecule has 0 amide bonds. The molecule has 0 aliphatic rings. The van der Waals surface area contributed by atoms with Crippen molar-refractivity contribution in [1.82, 2.24) is 5.32 Å². The van der Waals surface area contributed by atoms with E-state index in [0.717, 1.165) is 13.1 Å². The van der Waals surface area contributed by atoms with Gasteiger partial charge in [-0.05, 0) is 7.05 Å². The summed E-state index contributed by atoms with van der Waals surface area (Å²) in [5.74, 6) is 0. The third kappa shape index (κ3) is 6980. The summed E-state index contributed by atoms with van der Waals surface area (Å²) in [6.45, 7) is 1.65. The fourth-order valence-corrected chi connectivity index (χ4v) is 0.144. The number of hydrogen-bond donors (Lipinski definition) is 4. The van der Waals surface area contributed by atoms with Crippen molar-refractivity contribution in [3.8, 4) is 0 Å². The zero-order valence-corrected chi connectivity index (χ0v) is 6.91. The molecule has 0 aliphatic heterocycles. The van der Waals surface area contributed by atoms with E-state index >= 15 is 0 Å². The van der Waals surface area contributed by atoms with Gasteiger partial charge in [0.2, 0.25) is 0 Å². The quantitative estimate of drug-likeness (QED) is 0.307. The summed E-state index contributed by atoms with van der Waals surface area (Å²) in [6, 6.07) is 0. The Kier molecular flexibility index (Phi) is 22.4. The van der Waals surface area contributed by atoms with Gasteiger partial charge in [-0.3, -0.25) is 0 Å². The fraction of sp³-hybridized carbons (Fsp3) is 1.00. The predicted octanol–water partition coefficient (Wildman–Crippen LogP) is -1.53. The second kappa shape index (κ2) is 16.7. The number of rotatable bonds is 2. The van der Waals surface area contributed by atoms with Gasteiger partial charge >= 0.3 is 0 Å². The third-order valence-electron chi connectivity index (χ3n) is 0.394. The maximum atomic E-state index is 8.36. The fourth-order valence-electron chi connectivity index (χ4n) is 0.144. The van der Waals surface area contributed by atoms with Gasteiger partial charge in [0.15, 0.2) is 0 Å². The Morgan fingerprint density at radius 2 is 1.54 bits per heavy atom. The average molecular weight is 200 g/mol. The van der Waals surface area contributed by atoms with Gasteiger partial charge < -0.3 is 21.5 Å². The first kappa shape index (κ1) is 17.4. The Morgan fingerprint density at radius 1 is 1.31 bits per heavy atom. The van der Waals surface area contributed by atoms with Gasteiger partial charge in [0.25, 0.3) is 10.2 Å². The van der Waals surface area contributed by atoms with Crippen LogP contribution in [0.1, 0.15) is 0 Å². The molecule has 0 aromatic rings. The number of likely N-dealkylation sites (N-methyl/N-ethyl adjacent to an activating group) is 1. The maximum Gasteiger partial charge on any atom is 0.291 e. The molecule has 0 aliphatic carbocycles. The minimum atomic E-state index is -1.50. The van der Waals surface area contributed by atoms with Gasteiger partial charge in [-0.1, -0.05) is 0 Å². The number of nitrogens with one attached hydrogen (secondary N) is 1. The molecule has 0 aromatic heterocycles.